The Morgan fingerprint density at radius 2 is 1.29 bits per heavy atom. The van der Waals surface area contributed by atoms with Gasteiger partial charge in [-0.15, -0.1) is 0 Å². The van der Waals surface area contributed by atoms with E-state index < -0.39 is 0 Å². The van der Waals surface area contributed by atoms with Crippen LogP contribution in [0, 0.1) is 23.7 Å². The molecule has 2 N–H and O–H groups in total. The van der Waals surface area contributed by atoms with Gasteiger partial charge in [-0.2, -0.15) is 0 Å². The number of phenols is 2. The van der Waals surface area contributed by atoms with Crippen LogP contribution in [0.3, 0.4) is 0 Å². The summed E-state index contributed by atoms with van der Waals surface area (Å²) in [6.45, 7) is 0. The van der Waals surface area contributed by atoms with Gasteiger partial charge >= 0.3 is 0 Å². The fourth-order valence-electron chi connectivity index (χ4n) is 6.49. The van der Waals surface area contributed by atoms with Gasteiger partial charge in [-0.1, -0.05) is 30.7 Å². The summed E-state index contributed by atoms with van der Waals surface area (Å²) in [5, 5.41) is 19.5. The first-order valence-corrected chi connectivity index (χ1v) is 9.27. The van der Waals surface area contributed by atoms with Crippen LogP contribution in [0.15, 0.2) is 48.5 Å². The van der Waals surface area contributed by atoms with E-state index in [2.05, 4.69) is 24.3 Å². The highest BCUT2D eigenvalue weighted by Gasteiger charge is 2.61. The van der Waals surface area contributed by atoms with E-state index in [9.17, 15) is 10.2 Å². The molecule has 0 radical (unpaired) electrons. The molecule has 3 fully saturated rings. The van der Waals surface area contributed by atoms with Crippen molar-refractivity contribution in [2.75, 3.05) is 0 Å². The molecular weight excluding hydrogens is 296 g/mol. The van der Waals surface area contributed by atoms with E-state index in [1.54, 1.807) is 0 Å². The van der Waals surface area contributed by atoms with Gasteiger partial charge in [0.15, 0.2) is 0 Å². The summed E-state index contributed by atoms with van der Waals surface area (Å²) in [7, 11) is 0. The Kier molecular flexibility index (Phi) is 3.01. The Balaban J connectivity index is 1.67. The summed E-state index contributed by atoms with van der Waals surface area (Å²) in [5.74, 6) is 4.00. The maximum Gasteiger partial charge on any atom is 0.115 e. The Bertz CT molecular complexity index is 701. The van der Waals surface area contributed by atoms with Crippen LogP contribution in [0.1, 0.15) is 43.2 Å². The average molecular weight is 320 g/mol. The zero-order valence-electron chi connectivity index (χ0n) is 13.9. The minimum Gasteiger partial charge on any atom is -0.508 e. The van der Waals surface area contributed by atoms with Gasteiger partial charge in [-0.3, -0.25) is 0 Å². The van der Waals surface area contributed by atoms with Crippen molar-refractivity contribution >= 4 is 0 Å². The van der Waals surface area contributed by atoms with Crippen LogP contribution in [0.25, 0.3) is 0 Å². The lowest BCUT2D eigenvalue weighted by molar-refractivity contribution is 0.181. The molecule has 3 saturated carbocycles. The first-order valence-electron chi connectivity index (χ1n) is 9.27. The molecule has 0 saturated heterocycles. The Morgan fingerprint density at radius 1 is 0.750 bits per heavy atom. The number of hydrogen-bond acceptors (Lipinski definition) is 2. The molecule has 2 nitrogen and oxygen atoms in total. The second-order valence-corrected chi connectivity index (χ2v) is 8.13. The third kappa shape index (κ3) is 1.83. The molecule has 0 unspecified atom stereocenters. The minimum atomic E-state index is 0.0531. The van der Waals surface area contributed by atoms with Crippen LogP contribution in [0.2, 0.25) is 0 Å². The molecular formula is C22H24O2. The molecule has 0 amide bonds. The third-order valence-electron chi connectivity index (χ3n) is 7.29. The zero-order valence-corrected chi connectivity index (χ0v) is 13.9. The van der Waals surface area contributed by atoms with E-state index in [1.807, 2.05) is 24.3 Å². The number of rotatable bonds is 2. The molecule has 2 heteroatoms. The molecule has 2 bridgehead atoms. The van der Waals surface area contributed by atoms with Crippen LogP contribution >= 0.6 is 0 Å². The smallest absolute Gasteiger partial charge is 0.115 e. The third-order valence-corrected chi connectivity index (χ3v) is 7.29. The van der Waals surface area contributed by atoms with Crippen molar-refractivity contribution in [3.05, 3.63) is 59.7 Å². The van der Waals surface area contributed by atoms with Crippen LogP contribution < -0.4 is 0 Å². The highest BCUT2D eigenvalue weighted by Crippen LogP contribution is 2.68. The van der Waals surface area contributed by atoms with Gasteiger partial charge in [0.2, 0.25) is 0 Å². The van der Waals surface area contributed by atoms with Gasteiger partial charge in [0, 0.05) is 5.41 Å². The van der Waals surface area contributed by atoms with E-state index in [0.29, 0.717) is 17.4 Å². The Morgan fingerprint density at radius 3 is 1.88 bits per heavy atom. The van der Waals surface area contributed by atoms with Gasteiger partial charge < -0.3 is 10.2 Å². The Labute approximate surface area is 143 Å². The number of phenolic OH excluding ortho intramolecular Hbond substituents is 2. The zero-order chi connectivity index (χ0) is 16.3. The molecule has 3 aliphatic rings. The lowest BCUT2D eigenvalue weighted by Gasteiger charge is -2.44. The van der Waals surface area contributed by atoms with Crippen LogP contribution in [-0.4, -0.2) is 10.2 Å². The normalized spacial score (nSPS) is 32.8. The first kappa shape index (κ1) is 14.4. The van der Waals surface area contributed by atoms with E-state index in [1.165, 1.54) is 43.2 Å². The van der Waals surface area contributed by atoms with Crippen molar-refractivity contribution in [3.63, 3.8) is 0 Å². The van der Waals surface area contributed by atoms with E-state index >= 15 is 0 Å². The molecule has 2 aromatic carbocycles. The molecule has 0 heterocycles. The Hall–Kier alpha value is -1.96. The quantitative estimate of drug-likeness (QED) is 0.831. The van der Waals surface area contributed by atoms with E-state index in [-0.39, 0.29) is 5.41 Å². The largest absolute Gasteiger partial charge is 0.508 e. The van der Waals surface area contributed by atoms with Crippen LogP contribution in [0.4, 0.5) is 0 Å². The number of fused-ring (bicyclic) bond motifs is 5. The molecule has 5 rings (SSSR count). The molecule has 0 aliphatic heterocycles. The average Bonchev–Trinajstić information content (AvgIpc) is 3.28. The second-order valence-electron chi connectivity index (χ2n) is 8.13. The monoisotopic (exact) mass is 320 g/mol. The predicted octanol–water partition coefficient (Wildman–Crippen LogP) is 4.84. The molecule has 124 valence electrons. The number of hydrogen-bond donors (Lipinski definition) is 2. The van der Waals surface area contributed by atoms with Crippen molar-refractivity contribution in [1.29, 1.82) is 0 Å². The predicted molar refractivity (Wildman–Crippen MR) is 94.0 cm³/mol. The summed E-state index contributed by atoms with van der Waals surface area (Å²) in [6, 6.07) is 15.8. The lowest BCUT2D eigenvalue weighted by Crippen LogP contribution is -2.40. The topological polar surface area (TPSA) is 40.5 Å². The van der Waals surface area contributed by atoms with Gasteiger partial charge in [0.1, 0.15) is 11.5 Å². The van der Waals surface area contributed by atoms with Crippen LogP contribution in [0.5, 0.6) is 11.5 Å². The molecule has 0 spiro atoms. The first-order chi connectivity index (χ1) is 11.7. The second kappa shape index (κ2) is 5.02. The fraction of sp³-hybridized carbons (Fsp3) is 0.455. The molecule has 2 aromatic rings. The van der Waals surface area contributed by atoms with Crippen molar-refractivity contribution in [2.45, 2.75) is 37.5 Å². The minimum absolute atomic E-state index is 0.0531. The van der Waals surface area contributed by atoms with Gasteiger partial charge in [-0.05, 0) is 84.7 Å². The summed E-state index contributed by atoms with van der Waals surface area (Å²) < 4.78 is 0. The van der Waals surface area contributed by atoms with Gasteiger partial charge in [0.05, 0.1) is 0 Å². The number of aromatic hydroxyl groups is 2. The standard InChI is InChI=1S/C22H24O2/c23-17-8-4-15(5-9-17)22(16-6-10-18(24)11-7-16)13-14-12-21(22)20-3-1-2-19(14)20/h4-11,14,19-21,23-24H,1-3,12-13H2/t14-,19-,20-,21+/m1/s1. The fourth-order valence-corrected chi connectivity index (χ4v) is 6.49. The van der Waals surface area contributed by atoms with Crippen molar-refractivity contribution in [3.8, 4) is 11.5 Å². The summed E-state index contributed by atoms with van der Waals surface area (Å²) in [6.07, 6.45) is 6.76. The molecule has 3 aliphatic carbocycles. The maximum absolute atomic E-state index is 9.74. The lowest BCUT2D eigenvalue weighted by atomic mass is 9.59. The SMILES string of the molecule is Oc1ccc(C2(c3ccc(O)cc3)C[C@H]3C[C@H]2[C@@H]2CCC[C@H]32)cc1. The van der Waals surface area contributed by atoms with E-state index in [0.717, 1.165) is 17.8 Å². The highest BCUT2D eigenvalue weighted by atomic mass is 16.3. The van der Waals surface area contributed by atoms with Crippen molar-refractivity contribution < 1.29 is 10.2 Å². The summed E-state index contributed by atoms with van der Waals surface area (Å²) in [4.78, 5) is 0. The number of benzene rings is 2. The molecule has 0 aromatic heterocycles. The maximum atomic E-state index is 9.74. The summed E-state index contributed by atoms with van der Waals surface area (Å²) in [5.41, 5.74) is 2.73. The van der Waals surface area contributed by atoms with Crippen molar-refractivity contribution in [1.82, 2.24) is 0 Å². The van der Waals surface area contributed by atoms with Gasteiger partial charge in [-0.25, -0.2) is 0 Å². The highest BCUT2D eigenvalue weighted by molar-refractivity contribution is 5.46. The summed E-state index contributed by atoms with van der Waals surface area (Å²) >= 11 is 0. The van der Waals surface area contributed by atoms with Gasteiger partial charge in [0.25, 0.3) is 0 Å². The molecule has 4 atom stereocenters. The molecule has 24 heavy (non-hydrogen) atoms. The van der Waals surface area contributed by atoms with Crippen LogP contribution in [-0.2, 0) is 5.41 Å². The van der Waals surface area contributed by atoms with Crippen molar-refractivity contribution in [2.24, 2.45) is 23.7 Å². The van der Waals surface area contributed by atoms with E-state index in [4.69, 9.17) is 0 Å².